The molecule has 1 saturated heterocycles. The van der Waals surface area contributed by atoms with Crippen molar-refractivity contribution in [3.63, 3.8) is 0 Å². The monoisotopic (exact) mass is 428 g/mol. The van der Waals surface area contributed by atoms with Gasteiger partial charge in [0, 0.05) is 10.1 Å². The number of benzene rings is 1. The molecule has 2 amide bonds. The van der Waals surface area contributed by atoms with Crippen molar-refractivity contribution >= 4 is 40.6 Å². The van der Waals surface area contributed by atoms with Crippen molar-refractivity contribution in [3.05, 3.63) is 38.8 Å². The molecule has 0 unspecified atom stereocenters. The molecular weight excluding hydrogens is 408 g/mol. The van der Waals surface area contributed by atoms with E-state index in [2.05, 4.69) is 11.9 Å². The molecule has 8 heteroatoms. The quantitative estimate of drug-likeness (QED) is 0.744. The van der Waals surface area contributed by atoms with Crippen LogP contribution in [0.1, 0.15) is 24.1 Å². The zero-order valence-electron chi connectivity index (χ0n) is 16.0. The summed E-state index contributed by atoms with van der Waals surface area (Å²) in [6.07, 6.45) is 0.940. The van der Waals surface area contributed by atoms with E-state index >= 15 is 0 Å². The van der Waals surface area contributed by atoms with Crippen molar-refractivity contribution in [1.82, 2.24) is 4.98 Å². The van der Waals surface area contributed by atoms with E-state index in [1.807, 2.05) is 0 Å². The van der Waals surface area contributed by atoms with Crippen molar-refractivity contribution in [2.75, 3.05) is 12.0 Å². The molecule has 2 aliphatic heterocycles. The number of anilines is 1. The van der Waals surface area contributed by atoms with Crippen molar-refractivity contribution in [1.29, 1.82) is 0 Å². The average molecular weight is 429 g/mol. The lowest BCUT2D eigenvalue weighted by atomic mass is 9.70. The number of nitrogens with zero attached hydrogens (tertiary/aromatic N) is 1. The second-order valence-electron chi connectivity index (χ2n) is 8.48. The van der Waals surface area contributed by atoms with Crippen LogP contribution in [0.3, 0.4) is 0 Å². The molecule has 2 aliphatic carbocycles. The lowest BCUT2D eigenvalue weighted by Crippen LogP contribution is -2.41. The summed E-state index contributed by atoms with van der Waals surface area (Å²) in [7, 11) is 1.59. The Bertz CT molecular complexity index is 1090. The van der Waals surface area contributed by atoms with Gasteiger partial charge in [0.1, 0.15) is 5.75 Å². The van der Waals surface area contributed by atoms with Crippen LogP contribution < -0.4 is 14.5 Å². The summed E-state index contributed by atoms with van der Waals surface area (Å²) < 4.78 is 5.20. The third-order valence-corrected chi connectivity index (χ3v) is 10.1. The highest BCUT2D eigenvalue weighted by Gasteiger charge is 2.69. The molecule has 1 aromatic heterocycles. The topological polar surface area (TPSA) is 79.5 Å². The van der Waals surface area contributed by atoms with Gasteiger partial charge in [-0.15, -0.1) is 11.8 Å². The number of ether oxygens (including phenoxy) is 1. The Hall–Kier alpha value is -2.06. The van der Waals surface area contributed by atoms with Crippen LogP contribution in [-0.4, -0.2) is 29.2 Å². The Morgan fingerprint density at radius 3 is 2.45 bits per heavy atom. The minimum atomic E-state index is -0.234. The largest absolute Gasteiger partial charge is 0.497 e. The van der Waals surface area contributed by atoms with Crippen LogP contribution in [0.15, 0.2) is 34.1 Å². The van der Waals surface area contributed by atoms with Gasteiger partial charge in [-0.25, -0.2) is 0 Å². The fourth-order valence-electron chi connectivity index (χ4n) is 6.32. The average Bonchev–Trinajstić information content (AvgIpc) is 3.43. The molecule has 6 nitrogen and oxygen atoms in total. The third-order valence-electron chi connectivity index (χ3n) is 7.38. The summed E-state index contributed by atoms with van der Waals surface area (Å²) in [5.41, 5.74) is 0.627. The molecule has 6 rings (SSSR count). The number of amides is 2. The molecule has 2 bridgehead atoms. The number of nitrogens with one attached hydrogen (secondary N) is 1. The molecule has 0 spiro atoms. The van der Waals surface area contributed by atoms with E-state index < -0.39 is 0 Å². The van der Waals surface area contributed by atoms with Crippen LogP contribution >= 0.6 is 23.1 Å². The van der Waals surface area contributed by atoms with Gasteiger partial charge in [-0.05, 0) is 54.4 Å². The van der Waals surface area contributed by atoms with E-state index in [9.17, 15) is 14.4 Å². The van der Waals surface area contributed by atoms with E-state index in [0.717, 1.165) is 16.3 Å². The Morgan fingerprint density at radius 2 is 1.76 bits per heavy atom. The van der Waals surface area contributed by atoms with E-state index in [1.54, 1.807) is 43.1 Å². The van der Waals surface area contributed by atoms with Gasteiger partial charge in [0.25, 0.3) is 0 Å². The first kappa shape index (κ1) is 17.8. The van der Waals surface area contributed by atoms with Crippen LogP contribution in [0.25, 0.3) is 0 Å². The Balaban J connectivity index is 1.37. The number of hydrogen-bond donors (Lipinski definition) is 1. The zero-order chi connectivity index (χ0) is 20.0. The van der Waals surface area contributed by atoms with Crippen molar-refractivity contribution in [2.45, 2.75) is 29.5 Å². The number of imide groups is 1. The number of aromatic amines is 1. The third kappa shape index (κ3) is 2.21. The SMILES string of the molecule is COc1ccc(N2C(=O)[C@@H]3[C@H]4C[C@H]([C@@H]5Sc6[nH]c(=O)sc6[C@@H](C)[C@H]45)[C@@H]3C2=O)cc1. The summed E-state index contributed by atoms with van der Waals surface area (Å²) in [5.74, 6) is 1.12. The number of carbonyl (C=O) groups excluding carboxylic acids is 2. The maximum absolute atomic E-state index is 13.4. The highest BCUT2D eigenvalue weighted by molar-refractivity contribution is 8.00. The Kier molecular flexibility index (Phi) is 3.66. The Labute approximate surface area is 175 Å². The van der Waals surface area contributed by atoms with Gasteiger partial charge in [0.05, 0.1) is 29.7 Å². The van der Waals surface area contributed by atoms with Crippen LogP contribution in [0.4, 0.5) is 5.69 Å². The second-order valence-corrected chi connectivity index (χ2v) is 10.7. The summed E-state index contributed by atoms with van der Waals surface area (Å²) in [4.78, 5) is 44.1. The van der Waals surface area contributed by atoms with Gasteiger partial charge in [-0.3, -0.25) is 19.3 Å². The predicted octanol–water partition coefficient (Wildman–Crippen LogP) is 3.09. The van der Waals surface area contributed by atoms with Gasteiger partial charge < -0.3 is 9.72 Å². The Morgan fingerprint density at radius 1 is 1.07 bits per heavy atom. The standard InChI is InChI=1S/C21H20N2O4S2/c1-8-13-11-7-12(17(13)28-18-16(8)29-21(26)22-18)15-14(11)19(24)23(20(15)25)9-3-5-10(27-2)6-4-9/h3-6,8,11-15,17H,7H2,1-2H3,(H,22,26)/t8-,11-,12-,13+,14+,15-,17-/m0/s1. The van der Waals surface area contributed by atoms with Crippen LogP contribution in [0, 0.1) is 29.6 Å². The van der Waals surface area contributed by atoms with Crippen LogP contribution in [0.2, 0.25) is 0 Å². The molecule has 0 radical (unpaired) electrons. The number of methoxy groups -OCH3 is 1. The first-order valence-electron chi connectivity index (χ1n) is 9.91. The number of hydrogen-bond acceptors (Lipinski definition) is 6. The fraction of sp³-hybridized carbons (Fsp3) is 0.476. The number of H-pyrrole nitrogens is 1. The van der Waals surface area contributed by atoms with E-state index in [4.69, 9.17) is 4.74 Å². The maximum atomic E-state index is 13.4. The molecular formula is C21H20N2O4S2. The van der Waals surface area contributed by atoms with Crippen LogP contribution in [0.5, 0.6) is 5.75 Å². The second kappa shape index (κ2) is 5.98. The molecule has 4 aliphatic rings. The minimum Gasteiger partial charge on any atom is -0.497 e. The number of thiazole rings is 1. The number of fused-ring (bicyclic) bond motifs is 9. The van der Waals surface area contributed by atoms with Crippen molar-refractivity contribution in [2.24, 2.45) is 29.6 Å². The summed E-state index contributed by atoms with van der Waals surface area (Å²) in [6, 6.07) is 7.13. The summed E-state index contributed by atoms with van der Waals surface area (Å²) in [5, 5.41) is 1.27. The zero-order valence-corrected chi connectivity index (χ0v) is 17.6. The molecule has 1 N–H and O–H groups in total. The lowest BCUT2D eigenvalue weighted by molar-refractivity contribution is -0.123. The highest BCUT2D eigenvalue weighted by Crippen LogP contribution is 2.67. The molecule has 1 aromatic carbocycles. The predicted molar refractivity (Wildman–Crippen MR) is 111 cm³/mol. The van der Waals surface area contributed by atoms with E-state index in [1.165, 1.54) is 16.2 Å². The number of rotatable bonds is 2. The number of carbonyl (C=O) groups is 2. The number of thioether (sulfide) groups is 1. The first-order valence-corrected chi connectivity index (χ1v) is 11.6. The molecule has 7 atom stereocenters. The first-order chi connectivity index (χ1) is 14.0. The van der Waals surface area contributed by atoms with E-state index in [-0.39, 0.29) is 46.3 Å². The van der Waals surface area contributed by atoms with Gasteiger partial charge in [0.15, 0.2) is 0 Å². The smallest absolute Gasteiger partial charge is 0.305 e. The summed E-state index contributed by atoms with van der Waals surface area (Å²) >= 11 is 3.02. The van der Waals surface area contributed by atoms with Gasteiger partial charge in [-0.1, -0.05) is 18.3 Å². The van der Waals surface area contributed by atoms with E-state index in [0.29, 0.717) is 22.6 Å². The van der Waals surface area contributed by atoms with Gasteiger partial charge in [0.2, 0.25) is 11.8 Å². The lowest BCUT2D eigenvalue weighted by Gasteiger charge is -2.41. The molecule has 2 saturated carbocycles. The van der Waals surface area contributed by atoms with Crippen LogP contribution in [-0.2, 0) is 9.59 Å². The van der Waals surface area contributed by atoms with Gasteiger partial charge in [-0.2, -0.15) is 0 Å². The molecule has 2 aromatic rings. The molecule has 3 heterocycles. The normalized spacial score (nSPS) is 36.9. The van der Waals surface area contributed by atoms with Crippen molar-refractivity contribution in [3.8, 4) is 5.75 Å². The van der Waals surface area contributed by atoms with Gasteiger partial charge >= 0.3 is 4.87 Å². The molecule has 150 valence electrons. The molecule has 29 heavy (non-hydrogen) atoms. The number of aromatic nitrogens is 1. The highest BCUT2D eigenvalue weighted by atomic mass is 32.2. The summed E-state index contributed by atoms with van der Waals surface area (Å²) in [6.45, 7) is 2.18. The fourth-order valence-corrected chi connectivity index (χ4v) is 9.26. The van der Waals surface area contributed by atoms with Crippen molar-refractivity contribution < 1.29 is 14.3 Å². The molecule has 3 fully saturated rings. The maximum Gasteiger partial charge on any atom is 0.305 e. The minimum absolute atomic E-state index is 0.0142.